The second-order valence-electron chi connectivity index (χ2n) is 12.2. The summed E-state index contributed by atoms with van der Waals surface area (Å²) < 4.78 is 5.85. The minimum absolute atomic E-state index is 0.120. The van der Waals surface area contributed by atoms with Gasteiger partial charge in [0.1, 0.15) is 5.75 Å². The van der Waals surface area contributed by atoms with Gasteiger partial charge in [0.2, 0.25) is 0 Å². The van der Waals surface area contributed by atoms with Gasteiger partial charge in [-0.25, -0.2) is 4.79 Å². The van der Waals surface area contributed by atoms with Gasteiger partial charge in [0.15, 0.2) is 0 Å². The van der Waals surface area contributed by atoms with Crippen molar-refractivity contribution < 1.29 is 19.7 Å². The normalized spacial score (nSPS) is 33.5. The van der Waals surface area contributed by atoms with Crippen molar-refractivity contribution in [3.63, 3.8) is 0 Å². The molecule has 7 atom stereocenters. The predicted molar refractivity (Wildman–Crippen MR) is 168 cm³/mol. The van der Waals surface area contributed by atoms with Crippen molar-refractivity contribution in [2.75, 3.05) is 6.61 Å². The number of hydrogen-bond acceptors (Lipinski definition) is 3. The van der Waals surface area contributed by atoms with Crippen LogP contribution in [0.4, 0.5) is 0 Å². The van der Waals surface area contributed by atoms with E-state index in [-0.39, 0.29) is 11.7 Å². The standard InChI is InChI=1S/C30H42O4.3C2H6/c1-29-16-14-27-25(11-9-22-19-23(31)13-15-30(22,27)2)26(29)12-10-21(29)7-3-4-17-34-24-8-5-6-20(18-24)28(32)33;3*1-2/h5-6,8-9,18,21,23,25-27,31H,3-4,7,10-17,19H2,1-2H3,(H,32,33);3*1-2H3. The van der Waals surface area contributed by atoms with E-state index in [1.54, 1.807) is 23.8 Å². The summed E-state index contributed by atoms with van der Waals surface area (Å²) in [5, 5.41) is 19.4. The Kier molecular flexibility index (Phi) is 13.7. The molecule has 0 bridgehead atoms. The summed E-state index contributed by atoms with van der Waals surface area (Å²) in [4.78, 5) is 11.1. The average Bonchev–Trinajstić information content (AvgIpc) is 3.32. The second-order valence-corrected chi connectivity index (χ2v) is 12.2. The molecule has 0 aliphatic heterocycles. The van der Waals surface area contributed by atoms with E-state index in [0.717, 1.165) is 42.9 Å². The number of carbonyl (C=O) groups is 1. The van der Waals surface area contributed by atoms with Crippen LogP contribution in [-0.4, -0.2) is 28.9 Å². The van der Waals surface area contributed by atoms with E-state index in [0.29, 0.717) is 23.2 Å². The number of aliphatic hydroxyl groups excluding tert-OH is 1. The molecular weight excluding hydrogens is 496 g/mol. The van der Waals surface area contributed by atoms with Crippen molar-refractivity contribution in [1.29, 1.82) is 0 Å². The van der Waals surface area contributed by atoms with Gasteiger partial charge in [-0.15, -0.1) is 0 Å². The first-order valence-corrected chi connectivity index (χ1v) is 16.6. The van der Waals surface area contributed by atoms with Crippen molar-refractivity contribution in [3.05, 3.63) is 41.5 Å². The molecular formula is C36H60O4. The lowest BCUT2D eigenvalue weighted by Crippen LogP contribution is -2.50. The zero-order valence-electron chi connectivity index (χ0n) is 27.0. The maximum atomic E-state index is 11.1. The number of benzene rings is 1. The molecule has 0 heterocycles. The quantitative estimate of drug-likeness (QED) is 0.259. The van der Waals surface area contributed by atoms with Gasteiger partial charge in [-0.2, -0.15) is 0 Å². The highest BCUT2D eigenvalue weighted by Gasteiger charge is 2.58. The second kappa shape index (κ2) is 16.0. The molecule has 1 aromatic carbocycles. The van der Waals surface area contributed by atoms with Crippen LogP contribution in [0, 0.1) is 34.5 Å². The van der Waals surface area contributed by atoms with Crippen LogP contribution < -0.4 is 4.74 Å². The minimum atomic E-state index is -0.913. The van der Waals surface area contributed by atoms with Crippen LogP contribution >= 0.6 is 0 Å². The van der Waals surface area contributed by atoms with Crippen molar-refractivity contribution >= 4 is 5.97 Å². The molecule has 4 aliphatic rings. The van der Waals surface area contributed by atoms with Gasteiger partial charge < -0.3 is 14.9 Å². The summed E-state index contributed by atoms with van der Waals surface area (Å²) in [6.07, 6.45) is 15.7. The van der Waals surface area contributed by atoms with Gasteiger partial charge in [0.05, 0.1) is 18.3 Å². The third-order valence-corrected chi connectivity index (χ3v) is 10.6. The van der Waals surface area contributed by atoms with E-state index in [1.165, 1.54) is 51.4 Å². The molecule has 40 heavy (non-hydrogen) atoms. The average molecular weight is 557 g/mol. The first-order chi connectivity index (χ1) is 19.3. The van der Waals surface area contributed by atoms with Gasteiger partial charge in [0.25, 0.3) is 0 Å². The molecule has 5 rings (SSSR count). The van der Waals surface area contributed by atoms with Gasteiger partial charge in [0, 0.05) is 0 Å². The Bertz CT molecular complexity index is 938. The van der Waals surface area contributed by atoms with Crippen LogP contribution in [0.2, 0.25) is 0 Å². The van der Waals surface area contributed by atoms with Crippen molar-refractivity contribution in [2.24, 2.45) is 34.5 Å². The van der Waals surface area contributed by atoms with Crippen LogP contribution in [-0.2, 0) is 0 Å². The molecule has 0 spiro atoms. The number of ether oxygens (including phenoxy) is 1. The van der Waals surface area contributed by atoms with Crippen LogP contribution in [0.5, 0.6) is 5.75 Å². The summed E-state index contributed by atoms with van der Waals surface area (Å²) in [6.45, 7) is 17.8. The number of carboxylic acids is 1. The number of aromatic carboxylic acids is 1. The molecule has 0 saturated heterocycles. The van der Waals surface area contributed by atoms with Crippen LogP contribution in [0.15, 0.2) is 35.9 Å². The van der Waals surface area contributed by atoms with Crippen LogP contribution in [0.3, 0.4) is 0 Å². The monoisotopic (exact) mass is 556 g/mol. The van der Waals surface area contributed by atoms with Crippen molar-refractivity contribution in [3.8, 4) is 5.75 Å². The molecule has 1 aromatic rings. The van der Waals surface area contributed by atoms with E-state index in [2.05, 4.69) is 19.9 Å². The molecule has 3 saturated carbocycles. The molecule has 0 radical (unpaired) electrons. The fourth-order valence-electron chi connectivity index (χ4n) is 8.63. The topological polar surface area (TPSA) is 66.8 Å². The first-order valence-electron chi connectivity index (χ1n) is 16.6. The fraction of sp³-hybridized carbons (Fsp3) is 0.750. The zero-order valence-corrected chi connectivity index (χ0v) is 27.0. The van der Waals surface area contributed by atoms with E-state index < -0.39 is 5.97 Å². The maximum absolute atomic E-state index is 11.1. The Hall–Kier alpha value is -1.81. The van der Waals surface area contributed by atoms with Crippen LogP contribution in [0.1, 0.15) is 136 Å². The van der Waals surface area contributed by atoms with Gasteiger partial charge in [-0.05, 0) is 123 Å². The summed E-state index contributed by atoms with van der Waals surface area (Å²) in [5.41, 5.74) is 2.66. The molecule has 4 nitrogen and oxygen atoms in total. The highest BCUT2D eigenvalue weighted by molar-refractivity contribution is 5.88. The smallest absolute Gasteiger partial charge is 0.335 e. The maximum Gasteiger partial charge on any atom is 0.335 e. The number of aliphatic hydroxyl groups is 1. The van der Waals surface area contributed by atoms with Gasteiger partial charge in [-0.3, -0.25) is 0 Å². The highest BCUT2D eigenvalue weighted by atomic mass is 16.5. The lowest BCUT2D eigenvalue weighted by atomic mass is 9.47. The largest absolute Gasteiger partial charge is 0.494 e. The highest BCUT2D eigenvalue weighted by Crippen LogP contribution is 2.66. The molecule has 0 amide bonds. The Morgan fingerprint density at radius 2 is 1.68 bits per heavy atom. The van der Waals surface area contributed by atoms with E-state index in [9.17, 15) is 9.90 Å². The Labute approximate surface area is 246 Å². The Morgan fingerprint density at radius 1 is 0.950 bits per heavy atom. The number of allylic oxidation sites excluding steroid dienone is 1. The van der Waals surface area contributed by atoms with E-state index in [4.69, 9.17) is 9.84 Å². The molecule has 2 N–H and O–H groups in total. The molecule has 4 aliphatic carbocycles. The van der Waals surface area contributed by atoms with E-state index in [1.807, 2.05) is 47.6 Å². The van der Waals surface area contributed by atoms with Crippen molar-refractivity contribution in [1.82, 2.24) is 0 Å². The minimum Gasteiger partial charge on any atom is -0.494 e. The number of unbranched alkanes of at least 4 members (excludes halogenated alkanes) is 1. The van der Waals surface area contributed by atoms with E-state index >= 15 is 0 Å². The lowest BCUT2D eigenvalue weighted by molar-refractivity contribution is -0.0509. The first kappa shape index (κ1) is 34.4. The Morgan fingerprint density at radius 3 is 2.38 bits per heavy atom. The summed E-state index contributed by atoms with van der Waals surface area (Å²) >= 11 is 0. The molecule has 7 unspecified atom stereocenters. The van der Waals surface area contributed by atoms with Gasteiger partial charge >= 0.3 is 5.97 Å². The third-order valence-electron chi connectivity index (χ3n) is 10.6. The number of carboxylic acid groups (broad SMARTS) is 1. The van der Waals surface area contributed by atoms with Crippen LogP contribution in [0.25, 0.3) is 0 Å². The molecule has 4 heteroatoms. The van der Waals surface area contributed by atoms with Gasteiger partial charge in [-0.1, -0.05) is 73.1 Å². The molecule has 0 aromatic heterocycles. The fourth-order valence-corrected chi connectivity index (χ4v) is 8.63. The number of rotatable bonds is 7. The molecule has 3 fully saturated rings. The summed E-state index contributed by atoms with van der Waals surface area (Å²) in [5.74, 6) is 3.06. The predicted octanol–water partition coefficient (Wildman–Crippen LogP) is 9.95. The zero-order chi connectivity index (χ0) is 29.9. The number of hydrogen-bond donors (Lipinski definition) is 2. The lowest BCUT2D eigenvalue weighted by Gasteiger charge is -2.58. The summed E-state index contributed by atoms with van der Waals surface area (Å²) in [6, 6.07) is 6.79. The SMILES string of the molecule is CC.CC.CC.CC12CCC(O)CC1=CCC1C2CCC2(C)C(CCCCOc3cccc(C(=O)O)c3)CCC12. The summed E-state index contributed by atoms with van der Waals surface area (Å²) in [7, 11) is 0. The number of fused-ring (bicyclic) bond motifs is 5. The Balaban J connectivity index is 0.000000876. The molecule has 228 valence electrons. The van der Waals surface area contributed by atoms with Crippen molar-refractivity contribution in [2.45, 2.75) is 132 Å². The third kappa shape index (κ3) is 7.33.